The molecule has 2 aromatic rings. The summed E-state index contributed by atoms with van der Waals surface area (Å²) in [6.07, 6.45) is 8.39. The Labute approximate surface area is 136 Å². The van der Waals surface area contributed by atoms with Crippen molar-refractivity contribution in [2.75, 3.05) is 18.2 Å². The van der Waals surface area contributed by atoms with E-state index in [0.29, 0.717) is 12.0 Å². The average molecular weight is 371 g/mol. The highest BCUT2D eigenvalue weighted by Crippen LogP contribution is 2.29. The topological polar surface area (TPSA) is 62.5 Å². The van der Waals surface area contributed by atoms with Gasteiger partial charge in [-0.1, -0.05) is 12.8 Å². The van der Waals surface area contributed by atoms with Crippen LogP contribution >= 0.6 is 27.7 Å². The van der Waals surface area contributed by atoms with Gasteiger partial charge >= 0.3 is 0 Å². The molecule has 0 bridgehead atoms. The molecular formula is C14H19BrN4OS. The van der Waals surface area contributed by atoms with E-state index in [1.807, 2.05) is 16.8 Å². The summed E-state index contributed by atoms with van der Waals surface area (Å²) >= 11 is 5.14. The highest BCUT2D eigenvalue weighted by atomic mass is 79.9. The van der Waals surface area contributed by atoms with E-state index >= 15 is 0 Å². The van der Waals surface area contributed by atoms with Crippen LogP contribution in [0.4, 0.5) is 5.82 Å². The van der Waals surface area contributed by atoms with Crippen molar-refractivity contribution in [2.45, 2.75) is 36.8 Å². The Morgan fingerprint density at radius 1 is 1.48 bits per heavy atom. The molecule has 1 saturated carbocycles. The van der Waals surface area contributed by atoms with E-state index in [9.17, 15) is 5.11 Å². The SMILES string of the molecule is CSc1cc(N[C@H]2CCCC[C@H]2CO)nc2c(Br)cnn12. The first-order chi connectivity index (χ1) is 10.2. The average Bonchev–Trinajstić information content (AvgIpc) is 2.89. The summed E-state index contributed by atoms with van der Waals surface area (Å²) in [7, 11) is 0. The van der Waals surface area contributed by atoms with Crippen LogP contribution in [0.2, 0.25) is 0 Å². The van der Waals surface area contributed by atoms with Crippen molar-refractivity contribution in [3.05, 3.63) is 16.7 Å². The first kappa shape index (κ1) is 15.1. The molecule has 0 aromatic carbocycles. The van der Waals surface area contributed by atoms with Crippen LogP contribution in [0.5, 0.6) is 0 Å². The van der Waals surface area contributed by atoms with Crippen molar-refractivity contribution in [1.29, 1.82) is 0 Å². The molecule has 5 nitrogen and oxygen atoms in total. The largest absolute Gasteiger partial charge is 0.396 e. The molecule has 2 N–H and O–H groups in total. The predicted octanol–water partition coefficient (Wildman–Crippen LogP) is 3.18. The summed E-state index contributed by atoms with van der Waals surface area (Å²) in [6.45, 7) is 0.242. The van der Waals surface area contributed by atoms with Crippen molar-refractivity contribution in [3.63, 3.8) is 0 Å². The minimum atomic E-state index is 0.242. The summed E-state index contributed by atoms with van der Waals surface area (Å²) < 4.78 is 2.73. The molecule has 114 valence electrons. The van der Waals surface area contributed by atoms with E-state index in [4.69, 9.17) is 0 Å². The van der Waals surface area contributed by atoms with Gasteiger partial charge in [0.05, 0.1) is 10.7 Å². The number of thioether (sulfide) groups is 1. The van der Waals surface area contributed by atoms with E-state index in [-0.39, 0.29) is 6.61 Å². The number of rotatable bonds is 4. The lowest BCUT2D eigenvalue weighted by molar-refractivity contribution is 0.178. The second-order valence-electron chi connectivity index (χ2n) is 5.39. The Morgan fingerprint density at radius 2 is 2.29 bits per heavy atom. The van der Waals surface area contributed by atoms with Gasteiger partial charge in [-0.2, -0.15) is 5.10 Å². The maximum atomic E-state index is 9.54. The third-order valence-corrected chi connectivity index (χ3v) is 5.35. The fourth-order valence-electron chi connectivity index (χ4n) is 2.93. The maximum absolute atomic E-state index is 9.54. The van der Waals surface area contributed by atoms with Crippen LogP contribution in [0.3, 0.4) is 0 Å². The fourth-order valence-corrected chi connectivity index (χ4v) is 3.82. The third-order valence-electron chi connectivity index (χ3n) is 4.08. The zero-order valence-electron chi connectivity index (χ0n) is 11.9. The number of fused-ring (bicyclic) bond motifs is 1. The molecule has 0 saturated heterocycles. The zero-order valence-corrected chi connectivity index (χ0v) is 14.3. The van der Waals surface area contributed by atoms with Gasteiger partial charge in [-0.05, 0) is 35.0 Å². The quantitative estimate of drug-likeness (QED) is 0.639. The van der Waals surface area contributed by atoms with E-state index < -0.39 is 0 Å². The summed E-state index contributed by atoms with van der Waals surface area (Å²) in [5, 5.41) is 18.4. The van der Waals surface area contributed by atoms with Crippen LogP contribution in [-0.2, 0) is 0 Å². The van der Waals surface area contributed by atoms with Crippen LogP contribution in [0.25, 0.3) is 5.65 Å². The van der Waals surface area contributed by atoms with Gasteiger partial charge in [-0.25, -0.2) is 9.50 Å². The standard InChI is InChI=1S/C14H19BrN4OS/c1-21-13-6-12(18-14-10(15)7-16-19(13)14)17-11-5-3-2-4-9(11)8-20/h6-7,9,11,20H,2-5,8H2,1H3,(H,17,18)/t9-,11-/m0/s1. The molecule has 7 heteroatoms. The normalized spacial score (nSPS) is 22.6. The Bertz CT molecular complexity index is 633. The predicted molar refractivity (Wildman–Crippen MR) is 88.9 cm³/mol. The number of halogens is 1. The Balaban J connectivity index is 1.91. The summed E-state index contributed by atoms with van der Waals surface area (Å²) in [5.74, 6) is 1.18. The van der Waals surface area contributed by atoms with Gasteiger partial charge in [0.1, 0.15) is 10.8 Å². The second-order valence-corrected chi connectivity index (χ2v) is 7.07. The lowest BCUT2D eigenvalue weighted by atomic mass is 9.85. The number of anilines is 1. The Kier molecular flexibility index (Phi) is 4.71. The number of nitrogens with one attached hydrogen (secondary N) is 1. The number of aliphatic hydroxyl groups excluding tert-OH is 1. The van der Waals surface area contributed by atoms with Crippen molar-refractivity contribution in [3.8, 4) is 0 Å². The van der Waals surface area contributed by atoms with Crippen LogP contribution in [-0.4, -0.2) is 38.6 Å². The van der Waals surface area contributed by atoms with Crippen molar-refractivity contribution in [2.24, 2.45) is 5.92 Å². The Hall–Kier alpha value is -0.790. The van der Waals surface area contributed by atoms with Gasteiger partial charge in [0.2, 0.25) is 0 Å². The number of hydrogen-bond acceptors (Lipinski definition) is 5. The summed E-state index contributed by atoms with van der Waals surface area (Å²) in [6, 6.07) is 2.33. The molecule has 1 fully saturated rings. The zero-order chi connectivity index (χ0) is 14.8. The molecule has 1 aliphatic carbocycles. The van der Waals surface area contributed by atoms with E-state index in [1.54, 1.807) is 18.0 Å². The lowest BCUT2D eigenvalue weighted by Crippen LogP contribution is -2.34. The van der Waals surface area contributed by atoms with Gasteiger partial charge < -0.3 is 10.4 Å². The molecule has 0 spiro atoms. The number of aliphatic hydroxyl groups is 1. The smallest absolute Gasteiger partial charge is 0.172 e. The minimum Gasteiger partial charge on any atom is -0.396 e. The molecule has 0 amide bonds. The highest BCUT2D eigenvalue weighted by Gasteiger charge is 2.25. The first-order valence-electron chi connectivity index (χ1n) is 7.18. The van der Waals surface area contributed by atoms with Crippen molar-refractivity contribution < 1.29 is 5.11 Å². The summed E-state index contributed by atoms with van der Waals surface area (Å²) in [4.78, 5) is 4.65. The molecule has 0 unspecified atom stereocenters. The molecule has 2 aromatic heterocycles. The van der Waals surface area contributed by atoms with Gasteiger partial charge in [-0.3, -0.25) is 0 Å². The van der Waals surface area contributed by atoms with Gasteiger partial charge in [0.15, 0.2) is 5.65 Å². The van der Waals surface area contributed by atoms with Crippen LogP contribution < -0.4 is 5.32 Å². The van der Waals surface area contributed by atoms with E-state index in [1.165, 1.54) is 12.8 Å². The number of hydrogen-bond donors (Lipinski definition) is 2. The first-order valence-corrected chi connectivity index (χ1v) is 9.20. The van der Waals surface area contributed by atoms with Crippen molar-refractivity contribution in [1.82, 2.24) is 14.6 Å². The molecule has 1 aliphatic rings. The van der Waals surface area contributed by atoms with Gasteiger partial charge in [0, 0.05) is 24.6 Å². The van der Waals surface area contributed by atoms with E-state index in [0.717, 1.165) is 33.8 Å². The van der Waals surface area contributed by atoms with Gasteiger partial charge in [-0.15, -0.1) is 11.8 Å². The number of aromatic nitrogens is 3. The van der Waals surface area contributed by atoms with Gasteiger partial charge in [0.25, 0.3) is 0 Å². The van der Waals surface area contributed by atoms with Crippen LogP contribution in [0.15, 0.2) is 21.8 Å². The van der Waals surface area contributed by atoms with Crippen molar-refractivity contribution >= 4 is 39.2 Å². The third kappa shape index (κ3) is 3.05. The highest BCUT2D eigenvalue weighted by molar-refractivity contribution is 9.10. The number of nitrogens with zero attached hydrogens (tertiary/aromatic N) is 3. The maximum Gasteiger partial charge on any atom is 0.172 e. The van der Waals surface area contributed by atoms with E-state index in [2.05, 4.69) is 31.3 Å². The Morgan fingerprint density at radius 3 is 3.05 bits per heavy atom. The molecular weight excluding hydrogens is 352 g/mol. The molecule has 21 heavy (non-hydrogen) atoms. The molecule has 3 rings (SSSR count). The monoisotopic (exact) mass is 370 g/mol. The fraction of sp³-hybridized carbons (Fsp3) is 0.571. The van der Waals surface area contributed by atoms with Crippen LogP contribution in [0.1, 0.15) is 25.7 Å². The molecule has 0 radical (unpaired) electrons. The minimum absolute atomic E-state index is 0.242. The molecule has 0 aliphatic heterocycles. The lowest BCUT2D eigenvalue weighted by Gasteiger charge is -2.31. The summed E-state index contributed by atoms with van der Waals surface area (Å²) in [5.41, 5.74) is 0.820. The molecule has 2 atom stereocenters. The molecule has 2 heterocycles. The van der Waals surface area contributed by atoms with Crippen LogP contribution in [0, 0.1) is 5.92 Å². The second kappa shape index (κ2) is 6.54.